The number of amides is 2. The van der Waals surface area contributed by atoms with Gasteiger partial charge >= 0.3 is 0 Å². The summed E-state index contributed by atoms with van der Waals surface area (Å²) < 4.78 is 5.89. The van der Waals surface area contributed by atoms with Gasteiger partial charge in [-0.15, -0.1) is 0 Å². The van der Waals surface area contributed by atoms with E-state index in [9.17, 15) is 9.59 Å². The molecule has 1 aliphatic heterocycles. The molecule has 1 aliphatic rings. The van der Waals surface area contributed by atoms with Crippen LogP contribution in [0.5, 0.6) is 0 Å². The van der Waals surface area contributed by atoms with Gasteiger partial charge in [-0.1, -0.05) is 26.0 Å². The topological polar surface area (TPSA) is 100 Å². The predicted octanol–water partition coefficient (Wildman–Crippen LogP) is 4.56. The van der Waals surface area contributed by atoms with Crippen molar-refractivity contribution >= 4 is 23.3 Å². The fraction of sp³-hybridized carbons (Fsp3) is 0.407. The van der Waals surface area contributed by atoms with Crippen LogP contribution in [0.1, 0.15) is 44.6 Å². The van der Waals surface area contributed by atoms with Crippen LogP contribution in [0.15, 0.2) is 53.1 Å². The first-order valence-electron chi connectivity index (χ1n) is 12.2. The van der Waals surface area contributed by atoms with Gasteiger partial charge in [-0.25, -0.2) is 9.97 Å². The van der Waals surface area contributed by atoms with Crippen molar-refractivity contribution in [2.45, 2.75) is 46.6 Å². The van der Waals surface area contributed by atoms with Gasteiger partial charge in [0.1, 0.15) is 17.3 Å². The molecule has 2 aromatic heterocycles. The number of pyridine rings is 1. The van der Waals surface area contributed by atoms with Gasteiger partial charge in [-0.05, 0) is 56.0 Å². The highest BCUT2D eigenvalue weighted by molar-refractivity contribution is 5.91. The van der Waals surface area contributed by atoms with Gasteiger partial charge < -0.3 is 20.0 Å². The second-order valence-electron chi connectivity index (χ2n) is 9.44. The number of oxazole rings is 1. The average Bonchev–Trinajstić information content (AvgIpc) is 3.23. The van der Waals surface area contributed by atoms with E-state index >= 15 is 0 Å². The second-order valence-corrected chi connectivity index (χ2v) is 9.44. The quantitative estimate of drug-likeness (QED) is 0.495. The summed E-state index contributed by atoms with van der Waals surface area (Å²) in [5.74, 6) is 2.22. The normalized spacial score (nSPS) is 15.8. The number of hydrogen-bond acceptors (Lipinski definition) is 6. The Morgan fingerprint density at radius 2 is 2.06 bits per heavy atom. The molecular weight excluding hydrogens is 442 g/mol. The minimum Gasteiger partial charge on any atom is -0.441 e. The fourth-order valence-electron chi connectivity index (χ4n) is 4.28. The fourth-order valence-corrected chi connectivity index (χ4v) is 4.28. The van der Waals surface area contributed by atoms with Crippen LogP contribution in [0.2, 0.25) is 0 Å². The van der Waals surface area contributed by atoms with E-state index in [-0.39, 0.29) is 23.7 Å². The van der Waals surface area contributed by atoms with Crippen LogP contribution in [-0.2, 0) is 16.1 Å². The number of benzene rings is 1. The van der Waals surface area contributed by atoms with Crippen molar-refractivity contribution in [2.75, 3.05) is 23.3 Å². The molecule has 35 heavy (non-hydrogen) atoms. The summed E-state index contributed by atoms with van der Waals surface area (Å²) in [7, 11) is 0. The molecule has 3 heterocycles. The molecule has 0 radical (unpaired) electrons. The lowest BCUT2D eigenvalue weighted by Gasteiger charge is -2.32. The third-order valence-electron chi connectivity index (χ3n) is 6.08. The maximum atomic E-state index is 12.9. The van der Waals surface area contributed by atoms with Crippen LogP contribution >= 0.6 is 0 Å². The molecule has 4 rings (SSSR count). The highest BCUT2D eigenvalue weighted by Gasteiger charge is 2.26. The van der Waals surface area contributed by atoms with Crippen molar-refractivity contribution in [3.8, 4) is 11.5 Å². The van der Waals surface area contributed by atoms with Crippen molar-refractivity contribution < 1.29 is 14.0 Å². The monoisotopic (exact) mass is 475 g/mol. The van der Waals surface area contributed by atoms with Gasteiger partial charge in [-0.2, -0.15) is 0 Å². The summed E-state index contributed by atoms with van der Waals surface area (Å²) in [5.41, 5.74) is 2.17. The zero-order valence-electron chi connectivity index (χ0n) is 20.6. The lowest BCUT2D eigenvalue weighted by Crippen LogP contribution is -2.43. The Morgan fingerprint density at radius 1 is 1.20 bits per heavy atom. The Hall–Kier alpha value is -3.68. The molecule has 0 bridgehead atoms. The maximum absolute atomic E-state index is 12.9. The van der Waals surface area contributed by atoms with E-state index in [4.69, 9.17) is 4.42 Å². The lowest BCUT2D eigenvalue weighted by molar-refractivity contribution is -0.125. The van der Waals surface area contributed by atoms with E-state index in [1.807, 2.05) is 63.2 Å². The van der Waals surface area contributed by atoms with E-state index in [1.165, 1.54) is 0 Å². The highest BCUT2D eigenvalue weighted by atomic mass is 16.4. The molecule has 2 amide bonds. The molecule has 0 saturated carbocycles. The number of piperidine rings is 1. The third kappa shape index (κ3) is 6.47. The molecule has 1 saturated heterocycles. The molecule has 3 aromatic rings. The summed E-state index contributed by atoms with van der Waals surface area (Å²) >= 11 is 0. The lowest BCUT2D eigenvalue weighted by atomic mass is 9.97. The molecule has 8 nitrogen and oxygen atoms in total. The zero-order valence-corrected chi connectivity index (χ0v) is 20.6. The van der Waals surface area contributed by atoms with Gasteiger partial charge in [0.05, 0.1) is 12.5 Å². The first kappa shape index (κ1) is 24.4. The van der Waals surface area contributed by atoms with Crippen molar-refractivity contribution in [1.29, 1.82) is 0 Å². The number of aromatic nitrogens is 2. The minimum atomic E-state index is -0.0939. The van der Waals surface area contributed by atoms with Crippen molar-refractivity contribution in [1.82, 2.24) is 15.3 Å². The molecule has 0 aliphatic carbocycles. The summed E-state index contributed by atoms with van der Waals surface area (Å²) in [4.78, 5) is 36.2. The molecular formula is C27H33N5O3. The van der Waals surface area contributed by atoms with E-state index < -0.39 is 0 Å². The molecule has 1 unspecified atom stereocenters. The standard InChI is InChI=1S/C27H33N5O3/c1-18(2)14-25(33)30-22-10-6-8-20(15-22)27-31-23(19(3)35-27)16-29-26(34)21-9-7-13-32(17-21)24-11-4-5-12-28-24/h4-6,8,10-12,15,18,21H,7,9,13-14,16-17H2,1-3H3,(H,29,34)(H,30,33). The molecule has 184 valence electrons. The van der Waals surface area contributed by atoms with Crippen LogP contribution in [0.4, 0.5) is 11.5 Å². The van der Waals surface area contributed by atoms with Gasteiger partial charge in [0.2, 0.25) is 17.7 Å². The van der Waals surface area contributed by atoms with E-state index in [1.54, 1.807) is 6.20 Å². The Labute approximate surface area is 206 Å². The maximum Gasteiger partial charge on any atom is 0.226 e. The number of aryl methyl sites for hydroxylation is 1. The van der Waals surface area contributed by atoms with Crippen LogP contribution in [0, 0.1) is 18.8 Å². The third-order valence-corrected chi connectivity index (χ3v) is 6.08. The SMILES string of the molecule is Cc1oc(-c2cccc(NC(=O)CC(C)C)c2)nc1CNC(=O)C1CCCN(c2ccccn2)C1. The number of carbonyl (C=O) groups excluding carboxylic acids is 2. The Kier molecular flexibility index (Phi) is 7.80. The van der Waals surface area contributed by atoms with Crippen LogP contribution in [-0.4, -0.2) is 34.9 Å². The number of anilines is 2. The Balaban J connectivity index is 1.36. The zero-order chi connectivity index (χ0) is 24.8. The Bertz CT molecular complexity index is 1160. The molecule has 0 spiro atoms. The summed E-state index contributed by atoms with van der Waals surface area (Å²) in [6.45, 7) is 7.73. The van der Waals surface area contributed by atoms with Crippen LogP contribution in [0.3, 0.4) is 0 Å². The molecule has 2 N–H and O–H groups in total. The molecule has 1 atom stereocenters. The average molecular weight is 476 g/mol. The van der Waals surface area contributed by atoms with Crippen LogP contribution < -0.4 is 15.5 Å². The molecule has 1 aromatic carbocycles. The number of nitrogens with one attached hydrogen (secondary N) is 2. The second kappa shape index (κ2) is 11.2. The molecule has 1 fully saturated rings. The largest absolute Gasteiger partial charge is 0.441 e. The summed E-state index contributed by atoms with van der Waals surface area (Å²) in [5, 5.41) is 5.96. The summed E-state index contributed by atoms with van der Waals surface area (Å²) in [6.07, 6.45) is 4.05. The highest BCUT2D eigenvalue weighted by Crippen LogP contribution is 2.25. The smallest absolute Gasteiger partial charge is 0.226 e. The number of hydrogen-bond donors (Lipinski definition) is 2. The first-order valence-corrected chi connectivity index (χ1v) is 12.2. The van der Waals surface area contributed by atoms with Gasteiger partial charge in [0.15, 0.2) is 0 Å². The van der Waals surface area contributed by atoms with E-state index in [2.05, 4.69) is 25.5 Å². The minimum absolute atomic E-state index is 0.0180. The van der Waals surface area contributed by atoms with Gasteiger partial charge in [0.25, 0.3) is 0 Å². The van der Waals surface area contributed by atoms with Crippen molar-refractivity contribution in [2.24, 2.45) is 11.8 Å². The van der Waals surface area contributed by atoms with Crippen molar-refractivity contribution in [3.63, 3.8) is 0 Å². The number of rotatable bonds is 8. The summed E-state index contributed by atoms with van der Waals surface area (Å²) in [6, 6.07) is 13.3. The number of nitrogens with zero attached hydrogens (tertiary/aromatic N) is 3. The van der Waals surface area contributed by atoms with Crippen LogP contribution in [0.25, 0.3) is 11.5 Å². The predicted molar refractivity (Wildman–Crippen MR) is 136 cm³/mol. The van der Waals surface area contributed by atoms with E-state index in [0.29, 0.717) is 42.5 Å². The molecule has 8 heteroatoms. The van der Waals surface area contributed by atoms with Crippen molar-refractivity contribution in [3.05, 3.63) is 60.1 Å². The number of carbonyl (C=O) groups is 2. The van der Waals surface area contributed by atoms with E-state index in [0.717, 1.165) is 30.8 Å². The Morgan fingerprint density at radius 3 is 2.83 bits per heavy atom. The first-order chi connectivity index (χ1) is 16.9. The van der Waals surface area contributed by atoms with Gasteiger partial charge in [0, 0.05) is 37.0 Å². The van der Waals surface area contributed by atoms with Gasteiger partial charge in [-0.3, -0.25) is 9.59 Å².